The lowest BCUT2D eigenvalue weighted by molar-refractivity contribution is 0.0525. The molecule has 3 nitrogen and oxygen atoms in total. The van der Waals surface area contributed by atoms with Gasteiger partial charge in [-0.15, -0.1) is 0 Å². The Balaban J connectivity index is 2.75. The number of ether oxygens (including phenoxy) is 1. The Morgan fingerprint density at radius 2 is 2.22 bits per heavy atom. The number of pyridine rings is 1. The van der Waals surface area contributed by atoms with Gasteiger partial charge in [-0.05, 0) is 41.4 Å². The number of carbonyl (C=O) groups is 1. The Labute approximate surface area is 118 Å². The Hall–Kier alpha value is -1.13. The van der Waals surface area contributed by atoms with Gasteiger partial charge in [0.15, 0.2) is 0 Å². The van der Waals surface area contributed by atoms with Crippen molar-refractivity contribution in [3.63, 3.8) is 0 Å². The van der Waals surface area contributed by atoms with E-state index in [2.05, 4.69) is 20.9 Å². The fourth-order valence-corrected chi connectivity index (χ4v) is 2.86. The number of carbonyl (C=O) groups excluding carboxylic acids is 1. The number of aromatic nitrogens is 1. The van der Waals surface area contributed by atoms with Crippen LogP contribution in [-0.4, -0.2) is 17.6 Å². The standard InChI is InChI=1S/C13H11BrClNO2/c1-3-18-13(17)10-11(15)9-7(2)5-4-6-8(9)16-12(10)14/h4-6H,3H2,1-2H3. The molecule has 2 aromatic rings. The third-order valence-corrected chi connectivity index (χ3v) is 3.55. The zero-order valence-electron chi connectivity index (χ0n) is 9.96. The molecule has 0 aliphatic carbocycles. The molecule has 94 valence electrons. The first kappa shape index (κ1) is 13.3. The number of aryl methyl sites for hydroxylation is 1. The van der Waals surface area contributed by atoms with Crippen LogP contribution in [0, 0.1) is 6.92 Å². The molecule has 1 heterocycles. The first-order valence-electron chi connectivity index (χ1n) is 5.47. The maximum atomic E-state index is 11.9. The molecular weight excluding hydrogens is 318 g/mol. The molecule has 0 unspecified atom stereocenters. The van der Waals surface area contributed by atoms with Gasteiger partial charge in [0.2, 0.25) is 0 Å². The first-order chi connectivity index (χ1) is 8.56. The minimum absolute atomic E-state index is 0.278. The van der Waals surface area contributed by atoms with Crippen molar-refractivity contribution in [3.05, 3.63) is 39.0 Å². The van der Waals surface area contributed by atoms with Gasteiger partial charge in [0.25, 0.3) is 0 Å². The summed E-state index contributed by atoms with van der Waals surface area (Å²) in [6.45, 7) is 3.98. The number of hydrogen-bond acceptors (Lipinski definition) is 3. The number of rotatable bonds is 2. The molecule has 0 amide bonds. The van der Waals surface area contributed by atoms with E-state index < -0.39 is 5.97 Å². The van der Waals surface area contributed by atoms with Crippen LogP contribution in [0.3, 0.4) is 0 Å². The van der Waals surface area contributed by atoms with Crippen LogP contribution in [0.4, 0.5) is 0 Å². The SMILES string of the molecule is CCOC(=O)c1c(Br)nc2cccc(C)c2c1Cl. The van der Waals surface area contributed by atoms with E-state index in [-0.39, 0.29) is 5.56 Å². The first-order valence-corrected chi connectivity index (χ1v) is 6.64. The summed E-state index contributed by atoms with van der Waals surface area (Å²) in [6.07, 6.45) is 0. The van der Waals surface area contributed by atoms with Crippen molar-refractivity contribution in [1.29, 1.82) is 0 Å². The monoisotopic (exact) mass is 327 g/mol. The van der Waals surface area contributed by atoms with Crippen molar-refractivity contribution in [2.24, 2.45) is 0 Å². The van der Waals surface area contributed by atoms with Crippen LogP contribution in [0.1, 0.15) is 22.8 Å². The molecule has 0 saturated carbocycles. The highest BCUT2D eigenvalue weighted by molar-refractivity contribution is 9.10. The zero-order valence-corrected chi connectivity index (χ0v) is 12.3. The second kappa shape index (κ2) is 5.24. The van der Waals surface area contributed by atoms with Crippen molar-refractivity contribution in [3.8, 4) is 0 Å². The van der Waals surface area contributed by atoms with Crippen molar-refractivity contribution >= 4 is 44.4 Å². The van der Waals surface area contributed by atoms with E-state index >= 15 is 0 Å². The van der Waals surface area contributed by atoms with Crippen LogP contribution in [0.15, 0.2) is 22.8 Å². The Kier molecular flexibility index (Phi) is 3.88. The van der Waals surface area contributed by atoms with E-state index in [0.717, 1.165) is 16.5 Å². The molecule has 5 heteroatoms. The molecule has 1 aromatic carbocycles. The van der Waals surface area contributed by atoms with Crippen molar-refractivity contribution in [1.82, 2.24) is 4.98 Å². The third-order valence-electron chi connectivity index (χ3n) is 2.59. The zero-order chi connectivity index (χ0) is 13.3. The molecule has 0 saturated heterocycles. The fraction of sp³-hybridized carbons (Fsp3) is 0.231. The number of fused-ring (bicyclic) bond motifs is 1. The maximum absolute atomic E-state index is 11.9. The van der Waals surface area contributed by atoms with Gasteiger partial charge in [0.1, 0.15) is 10.2 Å². The van der Waals surface area contributed by atoms with Gasteiger partial charge >= 0.3 is 5.97 Å². The average Bonchev–Trinajstić information content (AvgIpc) is 2.28. The van der Waals surface area contributed by atoms with E-state index in [1.165, 1.54) is 0 Å². The van der Waals surface area contributed by atoms with Crippen LogP contribution < -0.4 is 0 Å². The van der Waals surface area contributed by atoms with Crippen molar-refractivity contribution in [2.75, 3.05) is 6.61 Å². The predicted octanol–water partition coefficient (Wildman–Crippen LogP) is 4.14. The Morgan fingerprint density at radius 3 is 2.89 bits per heavy atom. The van der Waals surface area contributed by atoms with Crippen LogP contribution in [0.2, 0.25) is 5.02 Å². The van der Waals surface area contributed by atoms with E-state index in [4.69, 9.17) is 16.3 Å². The summed E-state index contributed by atoms with van der Waals surface area (Å²) < 4.78 is 5.39. The minimum Gasteiger partial charge on any atom is -0.462 e. The van der Waals surface area contributed by atoms with E-state index in [0.29, 0.717) is 16.2 Å². The molecule has 0 radical (unpaired) electrons. The summed E-state index contributed by atoms with van der Waals surface area (Å²) in [4.78, 5) is 16.2. The molecular formula is C13H11BrClNO2. The summed E-state index contributed by atoms with van der Waals surface area (Å²) in [7, 11) is 0. The number of halogens is 2. The molecule has 1 aromatic heterocycles. The highest BCUT2D eigenvalue weighted by Gasteiger charge is 2.20. The average molecular weight is 329 g/mol. The topological polar surface area (TPSA) is 39.2 Å². The Morgan fingerprint density at radius 1 is 1.50 bits per heavy atom. The van der Waals surface area contributed by atoms with Crippen LogP contribution in [-0.2, 0) is 4.74 Å². The van der Waals surface area contributed by atoms with Crippen LogP contribution >= 0.6 is 27.5 Å². The maximum Gasteiger partial charge on any atom is 0.342 e. The van der Waals surface area contributed by atoms with Gasteiger partial charge in [0, 0.05) is 5.39 Å². The summed E-state index contributed by atoms with van der Waals surface area (Å²) in [5, 5.41) is 1.16. The lowest BCUT2D eigenvalue weighted by Crippen LogP contribution is -2.08. The minimum atomic E-state index is -0.466. The normalized spacial score (nSPS) is 10.7. The largest absolute Gasteiger partial charge is 0.462 e. The highest BCUT2D eigenvalue weighted by Crippen LogP contribution is 2.33. The predicted molar refractivity (Wildman–Crippen MR) is 75.1 cm³/mol. The molecule has 0 aliphatic rings. The third kappa shape index (κ3) is 2.22. The molecule has 0 aliphatic heterocycles. The van der Waals surface area contributed by atoms with Crippen molar-refractivity contribution in [2.45, 2.75) is 13.8 Å². The van der Waals surface area contributed by atoms with Crippen LogP contribution in [0.25, 0.3) is 10.9 Å². The molecule has 0 fully saturated rings. The fourth-order valence-electron chi connectivity index (χ4n) is 1.79. The number of hydrogen-bond donors (Lipinski definition) is 0. The number of esters is 1. The summed E-state index contributed by atoms with van der Waals surface area (Å²) in [5.41, 5.74) is 2.00. The molecule has 0 atom stereocenters. The lowest BCUT2D eigenvalue weighted by atomic mass is 10.1. The van der Waals surface area contributed by atoms with Crippen molar-refractivity contribution < 1.29 is 9.53 Å². The molecule has 0 spiro atoms. The van der Waals surface area contributed by atoms with E-state index in [1.54, 1.807) is 6.92 Å². The van der Waals surface area contributed by atoms with E-state index in [1.807, 2.05) is 25.1 Å². The highest BCUT2D eigenvalue weighted by atomic mass is 79.9. The quantitative estimate of drug-likeness (QED) is 0.614. The summed E-state index contributed by atoms with van der Waals surface area (Å²) in [5.74, 6) is -0.466. The van der Waals surface area contributed by atoms with Gasteiger partial charge in [0.05, 0.1) is 17.1 Å². The molecule has 2 rings (SSSR count). The molecule has 18 heavy (non-hydrogen) atoms. The van der Waals surface area contributed by atoms with E-state index in [9.17, 15) is 4.79 Å². The van der Waals surface area contributed by atoms with Gasteiger partial charge in [-0.2, -0.15) is 0 Å². The smallest absolute Gasteiger partial charge is 0.342 e. The Bertz CT molecular complexity index is 628. The summed E-state index contributed by atoms with van der Waals surface area (Å²) >= 11 is 9.58. The molecule has 0 N–H and O–H groups in total. The lowest BCUT2D eigenvalue weighted by Gasteiger charge is -2.10. The van der Waals surface area contributed by atoms with Gasteiger partial charge in [-0.25, -0.2) is 9.78 Å². The van der Waals surface area contributed by atoms with Gasteiger partial charge in [-0.1, -0.05) is 23.7 Å². The van der Waals surface area contributed by atoms with Crippen LogP contribution in [0.5, 0.6) is 0 Å². The number of benzene rings is 1. The second-order valence-electron chi connectivity index (χ2n) is 3.78. The molecule has 0 bridgehead atoms. The van der Waals surface area contributed by atoms with Gasteiger partial charge < -0.3 is 4.74 Å². The second-order valence-corrected chi connectivity index (χ2v) is 4.91. The number of nitrogens with zero attached hydrogens (tertiary/aromatic N) is 1. The van der Waals surface area contributed by atoms with Gasteiger partial charge in [-0.3, -0.25) is 0 Å². The summed E-state index contributed by atoms with van der Waals surface area (Å²) in [6, 6.07) is 5.68.